The van der Waals surface area contributed by atoms with Crippen molar-refractivity contribution in [2.24, 2.45) is 18.9 Å². The lowest BCUT2D eigenvalue weighted by Crippen LogP contribution is -2.29. The smallest absolute Gasteiger partial charge is 0.436 e. The predicted molar refractivity (Wildman–Crippen MR) is 107 cm³/mol. The highest BCUT2D eigenvalue weighted by Crippen LogP contribution is 2.53. The summed E-state index contributed by atoms with van der Waals surface area (Å²) in [6, 6.07) is 3.11. The number of carbonyl (C=O) groups excluding carboxylic acids is 3. The Balaban J connectivity index is 1.49. The average Bonchev–Trinajstić information content (AvgIpc) is 3.47. The van der Waals surface area contributed by atoms with Gasteiger partial charge in [0.2, 0.25) is 5.88 Å². The number of hydrogen-bond donors (Lipinski definition) is 0. The number of aromatic nitrogens is 2. The number of halogens is 3. The highest BCUT2D eigenvalue weighted by Gasteiger charge is 2.63. The van der Waals surface area contributed by atoms with Gasteiger partial charge in [-0.2, -0.15) is 18.3 Å². The van der Waals surface area contributed by atoms with E-state index in [0.29, 0.717) is 16.7 Å². The number of aryl methyl sites for hydroxylation is 3. The quantitative estimate of drug-likeness (QED) is 0.509. The molecule has 1 aromatic heterocycles. The van der Waals surface area contributed by atoms with Gasteiger partial charge in [0, 0.05) is 7.05 Å². The Kier molecular flexibility index (Phi) is 4.79. The molecule has 2 aliphatic heterocycles. The zero-order chi connectivity index (χ0) is 23.8. The maximum Gasteiger partial charge on any atom is 0.436 e. The minimum atomic E-state index is -4.81. The van der Waals surface area contributed by atoms with Gasteiger partial charge in [0.05, 0.1) is 24.0 Å². The number of ether oxygens (including phenoxy) is 2. The first-order valence-corrected chi connectivity index (χ1v) is 10.6. The molecule has 5 atom stereocenters. The van der Waals surface area contributed by atoms with Crippen LogP contribution in [0.4, 0.5) is 13.2 Å². The van der Waals surface area contributed by atoms with Crippen molar-refractivity contribution < 1.29 is 37.0 Å². The van der Waals surface area contributed by atoms with Crippen LogP contribution in [0.1, 0.15) is 51.5 Å². The van der Waals surface area contributed by atoms with Gasteiger partial charge in [-0.25, -0.2) is 4.68 Å². The van der Waals surface area contributed by atoms with Gasteiger partial charge in [-0.15, -0.1) is 0 Å². The Bertz CT molecular complexity index is 1150. The Labute approximate surface area is 186 Å². The van der Waals surface area contributed by atoms with Gasteiger partial charge in [0.25, 0.3) is 0 Å². The van der Waals surface area contributed by atoms with Crippen LogP contribution in [-0.2, 0) is 27.5 Å². The van der Waals surface area contributed by atoms with E-state index in [9.17, 15) is 27.6 Å². The van der Waals surface area contributed by atoms with Gasteiger partial charge >= 0.3 is 6.18 Å². The third-order valence-corrected chi connectivity index (χ3v) is 6.99. The molecule has 3 aliphatic rings. The van der Waals surface area contributed by atoms with E-state index in [-0.39, 0.29) is 41.7 Å². The van der Waals surface area contributed by atoms with E-state index in [1.165, 1.54) is 7.05 Å². The summed E-state index contributed by atoms with van der Waals surface area (Å²) in [5.41, 5.74) is -0.214. The summed E-state index contributed by atoms with van der Waals surface area (Å²) in [6.45, 7) is 3.44. The van der Waals surface area contributed by atoms with E-state index in [1.54, 1.807) is 26.0 Å². The second-order valence-corrected chi connectivity index (χ2v) is 8.96. The predicted octanol–water partition coefficient (Wildman–Crippen LogP) is 3.69. The standard InChI is InChI=1S/C23H21F3N2O5/c1-9-6-11(32-22-12(8-29)21(23(24,25)26)27-28(22)3)7-10(2)15(9)18-19(30)16-13-4-5-14(33-13)17(16)20(18)31/h6-8,13-14,16-18H,4-5H2,1-3H3/t13-,14+,16-,17+,18?. The third kappa shape index (κ3) is 3.14. The van der Waals surface area contributed by atoms with Crippen molar-refractivity contribution >= 4 is 17.9 Å². The van der Waals surface area contributed by atoms with E-state index in [2.05, 4.69) is 5.10 Å². The maximum absolute atomic E-state index is 13.2. The highest BCUT2D eigenvalue weighted by atomic mass is 19.4. The number of benzene rings is 1. The largest absolute Gasteiger partial charge is 0.438 e. The van der Waals surface area contributed by atoms with Gasteiger partial charge in [0.1, 0.15) is 17.2 Å². The molecule has 0 N–H and O–H groups in total. The normalized spacial score (nSPS) is 28.5. The second kappa shape index (κ2) is 7.24. The van der Waals surface area contributed by atoms with Crippen molar-refractivity contribution in [3.05, 3.63) is 40.1 Å². The molecule has 0 amide bonds. The monoisotopic (exact) mass is 462 g/mol. The number of hydrogen-bond acceptors (Lipinski definition) is 6. The molecule has 1 aliphatic carbocycles. The third-order valence-electron chi connectivity index (χ3n) is 6.99. The van der Waals surface area contributed by atoms with Crippen molar-refractivity contribution in [2.75, 3.05) is 0 Å². The number of ketones is 2. The summed E-state index contributed by atoms with van der Waals surface area (Å²) >= 11 is 0. The zero-order valence-electron chi connectivity index (χ0n) is 18.1. The molecule has 3 fully saturated rings. The van der Waals surface area contributed by atoms with Gasteiger partial charge in [0.15, 0.2) is 23.5 Å². The fourth-order valence-corrected chi connectivity index (χ4v) is 5.73. The van der Waals surface area contributed by atoms with Crippen molar-refractivity contribution in [1.29, 1.82) is 0 Å². The molecule has 2 bridgehead atoms. The summed E-state index contributed by atoms with van der Waals surface area (Å²) in [4.78, 5) is 37.8. The van der Waals surface area contributed by atoms with Crippen molar-refractivity contribution in [1.82, 2.24) is 9.78 Å². The lowest BCUT2D eigenvalue weighted by molar-refractivity contribution is -0.141. The fourth-order valence-electron chi connectivity index (χ4n) is 5.73. The fraction of sp³-hybridized carbons (Fsp3) is 0.478. The zero-order valence-corrected chi connectivity index (χ0v) is 18.1. The number of rotatable bonds is 4. The first-order chi connectivity index (χ1) is 15.5. The molecule has 5 rings (SSSR count). The topological polar surface area (TPSA) is 87.5 Å². The summed E-state index contributed by atoms with van der Waals surface area (Å²) in [6.07, 6.45) is -3.57. The van der Waals surface area contributed by atoms with E-state index in [0.717, 1.165) is 17.5 Å². The molecule has 1 aromatic carbocycles. The number of carbonyl (C=O) groups is 3. The van der Waals surface area contributed by atoms with Crippen LogP contribution in [0.3, 0.4) is 0 Å². The molecule has 1 unspecified atom stereocenters. The number of aldehydes is 1. The van der Waals surface area contributed by atoms with Crippen LogP contribution in [0.15, 0.2) is 12.1 Å². The van der Waals surface area contributed by atoms with Crippen molar-refractivity contribution in [2.45, 2.75) is 51.0 Å². The summed E-state index contributed by atoms with van der Waals surface area (Å²) in [5.74, 6) is -2.10. The van der Waals surface area contributed by atoms with Crippen molar-refractivity contribution in [3.8, 4) is 11.6 Å². The number of Topliss-reactive ketones (excluding diaryl/α,β-unsaturated/α-hetero) is 2. The van der Waals surface area contributed by atoms with E-state index < -0.39 is 35.2 Å². The minimum Gasteiger partial charge on any atom is -0.438 e. The lowest BCUT2D eigenvalue weighted by Gasteiger charge is -2.18. The van der Waals surface area contributed by atoms with Crippen LogP contribution in [0.25, 0.3) is 0 Å². The molecule has 10 heteroatoms. The molecular weight excluding hydrogens is 441 g/mol. The molecule has 33 heavy (non-hydrogen) atoms. The molecule has 2 aromatic rings. The molecule has 174 valence electrons. The summed E-state index contributed by atoms with van der Waals surface area (Å²) in [5, 5.41) is 3.38. The van der Waals surface area contributed by atoms with Crippen LogP contribution >= 0.6 is 0 Å². The lowest BCUT2D eigenvalue weighted by atomic mass is 9.81. The van der Waals surface area contributed by atoms with E-state index >= 15 is 0 Å². The van der Waals surface area contributed by atoms with Crippen LogP contribution in [0.2, 0.25) is 0 Å². The van der Waals surface area contributed by atoms with Crippen LogP contribution in [0, 0.1) is 25.7 Å². The van der Waals surface area contributed by atoms with Crippen LogP contribution < -0.4 is 4.74 Å². The van der Waals surface area contributed by atoms with Crippen molar-refractivity contribution in [3.63, 3.8) is 0 Å². The average molecular weight is 462 g/mol. The molecule has 0 spiro atoms. The Morgan fingerprint density at radius 3 is 2.12 bits per heavy atom. The number of alkyl halides is 3. The molecule has 3 heterocycles. The molecule has 0 radical (unpaired) electrons. The SMILES string of the molecule is Cc1cc(Oc2c(C=O)c(C(F)(F)F)nn2C)cc(C)c1C1C(=O)[C@@H]2[C@H](C1=O)[C@H]1CC[C@@H]2O1. The Morgan fingerprint density at radius 2 is 1.64 bits per heavy atom. The summed E-state index contributed by atoms with van der Waals surface area (Å²) in [7, 11) is 1.25. The van der Waals surface area contributed by atoms with Gasteiger partial charge in [-0.1, -0.05) is 0 Å². The number of nitrogens with zero attached hydrogens (tertiary/aromatic N) is 2. The van der Waals surface area contributed by atoms with E-state index in [4.69, 9.17) is 9.47 Å². The van der Waals surface area contributed by atoms with Gasteiger partial charge in [-0.3, -0.25) is 14.4 Å². The molecule has 1 saturated carbocycles. The van der Waals surface area contributed by atoms with Crippen LogP contribution in [-0.4, -0.2) is 39.8 Å². The van der Waals surface area contributed by atoms with E-state index in [1.807, 2.05) is 0 Å². The highest BCUT2D eigenvalue weighted by molar-refractivity contribution is 6.17. The first kappa shape index (κ1) is 21.8. The number of fused-ring (bicyclic) bond motifs is 5. The van der Waals surface area contributed by atoms with Gasteiger partial charge in [-0.05, 0) is 55.5 Å². The molecular formula is C23H21F3N2O5. The Hall–Kier alpha value is -3.01. The van der Waals surface area contributed by atoms with Crippen LogP contribution in [0.5, 0.6) is 11.6 Å². The Morgan fingerprint density at radius 1 is 1.09 bits per heavy atom. The maximum atomic E-state index is 13.2. The molecule has 7 nitrogen and oxygen atoms in total. The minimum absolute atomic E-state index is 0.0598. The van der Waals surface area contributed by atoms with Gasteiger partial charge < -0.3 is 9.47 Å². The first-order valence-electron chi connectivity index (χ1n) is 10.6. The molecule has 2 saturated heterocycles. The second-order valence-electron chi connectivity index (χ2n) is 8.96. The summed E-state index contributed by atoms with van der Waals surface area (Å²) < 4.78 is 51.8.